The van der Waals surface area contributed by atoms with Crippen molar-refractivity contribution in [1.82, 2.24) is 14.8 Å². The van der Waals surface area contributed by atoms with Gasteiger partial charge in [-0.3, -0.25) is 4.79 Å². The lowest BCUT2D eigenvalue weighted by molar-refractivity contribution is -0.116. The zero-order chi connectivity index (χ0) is 23.1. The van der Waals surface area contributed by atoms with Gasteiger partial charge in [-0.1, -0.05) is 42.8 Å². The highest BCUT2D eigenvalue weighted by Crippen LogP contribution is 2.44. The largest absolute Gasteiger partial charge is 0.457 e. The van der Waals surface area contributed by atoms with E-state index in [9.17, 15) is 9.18 Å². The normalized spacial score (nSPS) is 14.9. The predicted molar refractivity (Wildman–Crippen MR) is 126 cm³/mol. The molecule has 170 valence electrons. The molecule has 0 aliphatic carbocycles. The van der Waals surface area contributed by atoms with E-state index in [2.05, 4.69) is 15.5 Å². The summed E-state index contributed by atoms with van der Waals surface area (Å²) in [6, 6.07) is 19.7. The van der Waals surface area contributed by atoms with Crippen LogP contribution in [0, 0.1) is 5.82 Å². The Labute approximate surface area is 196 Å². The Morgan fingerprint density at radius 1 is 0.941 bits per heavy atom. The van der Waals surface area contributed by atoms with Gasteiger partial charge in [0, 0.05) is 29.8 Å². The minimum Gasteiger partial charge on any atom is -0.457 e. The molecule has 1 aromatic heterocycles. The molecule has 0 spiro atoms. The third-order valence-corrected chi connectivity index (χ3v) is 6.53. The average molecular weight is 455 g/mol. The lowest BCUT2D eigenvalue weighted by atomic mass is 9.87. The fourth-order valence-electron chi connectivity index (χ4n) is 4.87. The lowest BCUT2D eigenvalue weighted by Crippen LogP contribution is -2.25. The van der Waals surface area contributed by atoms with Crippen LogP contribution < -0.4 is 10.1 Å². The summed E-state index contributed by atoms with van der Waals surface area (Å²) in [6.07, 6.45) is 4.03. The second-order valence-electron chi connectivity index (χ2n) is 8.70. The molecule has 6 nitrogen and oxygen atoms in total. The van der Waals surface area contributed by atoms with Gasteiger partial charge in [0.1, 0.15) is 23.1 Å². The van der Waals surface area contributed by atoms with E-state index in [4.69, 9.17) is 4.74 Å². The number of benzene rings is 3. The summed E-state index contributed by atoms with van der Waals surface area (Å²) < 4.78 is 22.9. The standard InChI is InChI=1S/C27H23FN4O2/c28-21-14-13-17(16-20(21)26-31-30-24-12-2-1-7-15-32(24)26)29-27(33)25-18-8-3-5-10-22(18)34-23-11-6-4-9-19(23)25/h3-6,8-11,13-14,16,25H,1-2,7,12,15H2,(H,29,33). The fourth-order valence-corrected chi connectivity index (χ4v) is 4.87. The number of nitrogens with zero attached hydrogens (tertiary/aromatic N) is 3. The molecule has 0 saturated heterocycles. The van der Waals surface area contributed by atoms with Gasteiger partial charge in [0.25, 0.3) is 0 Å². The highest BCUT2D eigenvalue weighted by atomic mass is 19.1. The summed E-state index contributed by atoms with van der Waals surface area (Å²) in [5, 5.41) is 11.6. The Morgan fingerprint density at radius 2 is 1.68 bits per heavy atom. The van der Waals surface area contributed by atoms with Gasteiger partial charge in [0.05, 0.1) is 11.5 Å². The number of carbonyl (C=O) groups is 1. The van der Waals surface area contributed by atoms with Crippen molar-refractivity contribution in [3.05, 3.63) is 89.5 Å². The third kappa shape index (κ3) is 3.53. The third-order valence-electron chi connectivity index (χ3n) is 6.53. The van der Waals surface area contributed by atoms with Gasteiger partial charge in [-0.15, -0.1) is 10.2 Å². The minimum atomic E-state index is -0.543. The van der Waals surface area contributed by atoms with Crippen molar-refractivity contribution in [2.45, 2.75) is 38.1 Å². The van der Waals surface area contributed by atoms with Crippen molar-refractivity contribution in [1.29, 1.82) is 0 Å². The Morgan fingerprint density at radius 3 is 2.44 bits per heavy atom. The Bertz CT molecular complexity index is 1350. The van der Waals surface area contributed by atoms with Crippen molar-refractivity contribution in [2.75, 3.05) is 5.32 Å². The molecule has 0 atom stereocenters. The van der Waals surface area contributed by atoms with Crippen LogP contribution in [0.25, 0.3) is 11.4 Å². The van der Waals surface area contributed by atoms with Crippen LogP contribution in [0.15, 0.2) is 66.7 Å². The SMILES string of the molecule is O=C(Nc1ccc(F)c(-c2nnc3n2CCCCC3)c1)C1c2ccccc2Oc2ccccc21. The molecule has 3 heterocycles. The first kappa shape index (κ1) is 20.6. The van der Waals surface area contributed by atoms with Crippen molar-refractivity contribution < 1.29 is 13.9 Å². The van der Waals surface area contributed by atoms with Gasteiger partial charge < -0.3 is 14.6 Å². The van der Waals surface area contributed by atoms with Crippen LogP contribution in [0.2, 0.25) is 0 Å². The summed E-state index contributed by atoms with van der Waals surface area (Å²) in [7, 11) is 0. The highest BCUT2D eigenvalue weighted by molar-refractivity contribution is 6.00. The molecular formula is C27H23FN4O2. The number of ether oxygens (including phenoxy) is 1. The molecule has 1 N–H and O–H groups in total. The van der Waals surface area contributed by atoms with E-state index < -0.39 is 5.92 Å². The number of amides is 1. The summed E-state index contributed by atoms with van der Waals surface area (Å²) in [5.41, 5.74) is 2.44. The van der Waals surface area contributed by atoms with Crippen molar-refractivity contribution in [2.24, 2.45) is 0 Å². The first-order valence-electron chi connectivity index (χ1n) is 11.6. The molecule has 0 bridgehead atoms. The van der Waals surface area contributed by atoms with E-state index in [0.29, 0.717) is 28.6 Å². The van der Waals surface area contributed by atoms with Gasteiger partial charge in [0.2, 0.25) is 5.91 Å². The number of para-hydroxylation sites is 2. The number of aryl methyl sites for hydroxylation is 1. The Hall–Kier alpha value is -4.00. The first-order valence-corrected chi connectivity index (χ1v) is 11.6. The molecule has 2 aliphatic heterocycles. The second-order valence-corrected chi connectivity index (χ2v) is 8.70. The quantitative estimate of drug-likeness (QED) is 0.432. The lowest BCUT2D eigenvalue weighted by Gasteiger charge is -2.27. The van der Waals surface area contributed by atoms with Gasteiger partial charge in [-0.2, -0.15) is 0 Å². The number of carbonyl (C=O) groups excluding carboxylic acids is 1. The molecule has 2 aliphatic rings. The molecule has 3 aromatic carbocycles. The van der Waals surface area contributed by atoms with E-state index in [0.717, 1.165) is 49.2 Å². The predicted octanol–water partition coefficient (Wildman–Crippen LogP) is 5.69. The zero-order valence-electron chi connectivity index (χ0n) is 18.5. The van der Waals surface area contributed by atoms with Crippen molar-refractivity contribution in [3.63, 3.8) is 0 Å². The van der Waals surface area contributed by atoms with Crippen molar-refractivity contribution >= 4 is 11.6 Å². The number of nitrogens with one attached hydrogen (secondary N) is 1. The van der Waals surface area contributed by atoms with Crippen LogP contribution in [0.4, 0.5) is 10.1 Å². The topological polar surface area (TPSA) is 69.0 Å². The van der Waals surface area contributed by atoms with Gasteiger partial charge in [0.15, 0.2) is 5.82 Å². The monoisotopic (exact) mass is 454 g/mol. The molecule has 0 saturated carbocycles. The zero-order valence-corrected chi connectivity index (χ0v) is 18.5. The maximum absolute atomic E-state index is 14.9. The molecular weight excluding hydrogens is 431 g/mol. The summed E-state index contributed by atoms with van der Waals surface area (Å²) in [6.45, 7) is 0.767. The van der Waals surface area contributed by atoms with E-state index in [1.165, 1.54) is 6.07 Å². The van der Waals surface area contributed by atoms with Crippen molar-refractivity contribution in [3.8, 4) is 22.9 Å². The van der Waals surface area contributed by atoms with E-state index in [-0.39, 0.29) is 11.7 Å². The Kier molecular flexibility index (Phi) is 5.09. The molecule has 0 radical (unpaired) electrons. The van der Waals surface area contributed by atoms with E-state index in [1.807, 2.05) is 53.1 Å². The Balaban J connectivity index is 1.35. The van der Waals surface area contributed by atoms with Crippen LogP contribution in [0.3, 0.4) is 0 Å². The number of anilines is 1. The number of rotatable bonds is 3. The molecule has 6 rings (SSSR count). The number of halogens is 1. The second kappa shape index (κ2) is 8.41. The molecule has 4 aromatic rings. The van der Waals surface area contributed by atoms with Crippen LogP contribution >= 0.6 is 0 Å². The van der Waals surface area contributed by atoms with E-state index in [1.54, 1.807) is 12.1 Å². The van der Waals surface area contributed by atoms with E-state index >= 15 is 0 Å². The minimum absolute atomic E-state index is 0.208. The maximum Gasteiger partial charge on any atom is 0.236 e. The molecule has 0 fully saturated rings. The number of hydrogen-bond donors (Lipinski definition) is 1. The molecule has 7 heteroatoms. The molecule has 0 unspecified atom stereocenters. The number of hydrogen-bond acceptors (Lipinski definition) is 4. The fraction of sp³-hybridized carbons (Fsp3) is 0.222. The number of aromatic nitrogens is 3. The van der Waals surface area contributed by atoms with Crippen LogP contribution in [-0.4, -0.2) is 20.7 Å². The van der Waals surface area contributed by atoms with Gasteiger partial charge in [-0.25, -0.2) is 4.39 Å². The van der Waals surface area contributed by atoms with Gasteiger partial charge >= 0.3 is 0 Å². The summed E-state index contributed by atoms with van der Waals surface area (Å²) in [4.78, 5) is 13.6. The molecule has 1 amide bonds. The smallest absolute Gasteiger partial charge is 0.236 e. The number of fused-ring (bicyclic) bond motifs is 3. The summed E-state index contributed by atoms with van der Waals surface area (Å²) in [5.74, 6) is 1.57. The summed E-state index contributed by atoms with van der Waals surface area (Å²) >= 11 is 0. The molecule has 34 heavy (non-hydrogen) atoms. The van der Waals surface area contributed by atoms with Crippen LogP contribution in [0.1, 0.15) is 42.1 Å². The van der Waals surface area contributed by atoms with Crippen LogP contribution in [-0.2, 0) is 17.8 Å². The maximum atomic E-state index is 14.9. The highest BCUT2D eigenvalue weighted by Gasteiger charge is 2.32. The van der Waals surface area contributed by atoms with Gasteiger partial charge in [-0.05, 0) is 43.2 Å². The average Bonchev–Trinajstić information content (AvgIpc) is 3.10. The first-order chi connectivity index (χ1) is 16.7. The van der Waals surface area contributed by atoms with Crippen LogP contribution in [0.5, 0.6) is 11.5 Å².